The lowest BCUT2D eigenvalue weighted by Crippen LogP contribution is -2.51. The van der Waals surface area contributed by atoms with Crippen molar-refractivity contribution in [2.45, 2.75) is 53.2 Å². The average Bonchev–Trinajstić information content (AvgIpc) is 3.06. The van der Waals surface area contributed by atoms with Gasteiger partial charge in [-0.1, -0.05) is 42.5 Å². The molecule has 0 spiro atoms. The van der Waals surface area contributed by atoms with Crippen LogP contribution >= 0.6 is 0 Å². The lowest BCUT2D eigenvalue weighted by Gasteiger charge is -2.37. The highest BCUT2D eigenvalue weighted by Crippen LogP contribution is 2.46. The van der Waals surface area contributed by atoms with Crippen molar-refractivity contribution in [3.05, 3.63) is 83.9 Å². The maximum Gasteiger partial charge on any atom is 0.284 e. The zero-order valence-electron chi connectivity index (χ0n) is 20.8. The molecule has 1 atom stereocenters. The minimum absolute atomic E-state index is 0.0183. The number of fused-ring (bicyclic) bond motifs is 2. The third-order valence-electron chi connectivity index (χ3n) is 6.91. The molecule has 1 aromatic heterocycles. The number of hydrogen-bond donors (Lipinski definition) is 0. The lowest BCUT2D eigenvalue weighted by molar-refractivity contribution is -0.647. The molecule has 2 heterocycles. The zero-order chi connectivity index (χ0) is 23.5. The number of anilines is 3. The molecule has 3 nitrogen and oxygen atoms in total. The number of pyridine rings is 1. The SMILES string of the molecule is Cc1cc(-c2cc3ccccc3cc2C)[n+](C)c(N2c3ccccc3N(C(C)(C)C)[C@H]2C)c1. The number of aryl methyl sites for hydroxylation is 2. The van der Waals surface area contributed by atoms with Crippen LogP contribution in [0.25, 0.3) is 22.0 Å². The van der Waals surface area contributed by atoms with E-state index in [0.29, 0.717) is 0 Å². The van der Waals surface area contributed by atoms with Gasteiger partial charge < -0.3 is 4.90 Å². The molecule has 0 saturated carbocycles. The number of aromatic nitrogens is 1. The fourth-order valence-electron chi connectivity index (χ4n) is 5.52. The van der Waals surface area contributed by atoms with Gasteiger partial charge in [0.1, 0.15) is 5.69 Å². The van der Waals surface area contributed by atoms with Crippen molar-refractivity contribution < 1.29 is 4.57 Å². The Bertz CT molecular complexity index is 1360. The van der Waals surface area contributed by atoms with E-state index in [1.807, 2.05) is 0 Å². The molecule has 33 heavy (non-hydrogen) atoms. The lowest BCUT2D eigenvalue weighted by atomic mass is 9.98. The summed E-state index contributed by atoms with van der Waals surface area (Å²) in [5.41, 5.74) is 7.67. The van der Waals surface area contributed by atoms with Gasteiger partial charge in [-0.3, -0.25) is 0 Å². The van der Waals surface area contributed by atoms with E-state index in [4.69, 9.17) is 0 Å². The average molecular weight is 437 g/mol. The Hall–Kier alpha value is -3.33. The summed E-state index contributed by atoms with van der Waals surface area (Å²) in [6.07, 6.45) is 0.209. The third kappa shape index (κ3) is 3.47. The number of benzene rings is 3. The quantitative estimate of drug-likeness (QED) is 0.312. The molecule has 0 radical (unpaired) electrons. The van der Waals surface area contributed by atoms with Crippen molar-refractivity contribution >= 4 is 28.0 Å². The summed E-state index contributed by atoms with van der Waals surface area (Å²) >= 11 is 0. The van der Waals surface area contributed by atoms with Crippen molar-refractivity contribution in [1.82, 2.24) is 0 Å². The van der Waals surface area contributed by atoms with Gasteiger partial charge in [0.15, 0.2) is 11.9 Å². The van der Waals surface area contributed by atoms with E-state index in [1.54, 1.807) is 0 Å². The van der Waals surface area contributed by atoms with Gasteiger partial charge >= 0.3 is 0 Å². The number of nitrogens with zero attached hydrogens (tertiary/aromatic N) is 3. The van der Waals surface area contributed by atoms with Crippen LogP contribution in [-0.2, 0) is 7.05 Å². The van der Waals surface area contributed by atoms with Crippen LogP contribution in [0.3, 0.4) is 0 Å². The van der Waals surface area contributed by atoms with Gasteiger partial charge in [-0.2, -0.15) is 0 Å². The summed E-state index contributed by atoms with van der Waals surface area (Å²) in [6, 6.07) is 26.7. The fraction of sp³-hybridized carbons (Fsp3) is 0.300. The van der Waals surface area contributed by atoms with Gasteiger partial charge in [-0.25, -0.2) is 9.47 Å². The van der Waals surface area contributed by atoms with Crippen LogP contribution in [0.4, 0.5) is 17.2 Å². The van der Waals surface area contributed by atoms with Crippen LogP contribution in [0.5, 0.6) is 0 Å². The normalized spacial score (nSPS) is 15.9. The molecule has 4 aromatic rings. The van der Waals surface area contributed by atoms with E-state index >= 15 is 0 Å². The second-order valence-electron chi connectivity index (χ2n) is 10.4. The Balaban J connectivity index is 1.72. The predicted molar refractivity (Wildman–Crippen MR) is 140 cm³/mol. The van der Waals surface area contributed by atoms with Crippen molar-refractivity contribution in [3.63, 3.8) is 0 Å². The molecule has 0 unspecified atom stereocenters. The van der Waals surface area contributed by atoms with Crippen molar-refractivity contribution in [3.8, 4) is 11.3 Å². The standard InChI is InChI=1S/C30H34N3/c1-20-16-28(25-19-24-13-9-8-12-23(24)18-21(25)2)31(7)29(17-20)32-22(3)33(30(4,5)6)27-15-11-10-14-26(27)32/h8-19,22H,1-7H3/q+1/t22-/m0/s1. The molecule has 0 aliphatic carbocycles. The Morgan fingerprint density at radius 1 is 0.788 bits per heavy atom. The van der Waals surface area contributed by atoms with Crippen LogP contribution < -0.4 is 14.4 Å². The third-order valence-corrected chi connectivity index (χ3v) is 6.91. The summed E-state index contributed by atoms with van der Waals surface area (Å²) in [5, 5.41) is 2.57. The maximum absolute atomic E-state index is 2.53. The smallest absolute Gasteiger partial charge is 0.284 e. The molecular weight excluding hydrogens is 402 g/mol. The predicted octanol–water partition coefficient (Wildman–Crippen LogP) is 7.05. The van der Waals surface area contributed by atoms with Crippen LogP contribution in [-0.4, -0.2) is 11.7 Å². The summed E-state index contributed by atoms with van der Waals surface area (Å²) in [7, 11) is 2.20. The molecule has 168 valence electrons. The van der Waals surface area contributed by atoms with Crippen molar-refractivity contribution in [2.75, 3.05) is 9.80 Å². The van der Waals surface area contributed by atoms with Gasteiger partial charge in [0.25, 0.3) is 5.82 Å². The topological polar surface area (TPSA) is 10.4 Å². The van der Waals surface area contributed by atoms with Crippen LogP contribution in [0.1, 0.15) is 38.8 Å². The Labute approximate surface area is 197 Å². The molecule has 0 fully saturated rings. The van der Waals surface area contributed by atoms with Gasteiger partial charge in [-0.05, 0) is 87.7 Å². The fourth-order valence-corrected chi connectivity index (χ4v) is 5.52. The van der Waals surface area contributed by atoms with Crippen molar-refractivity contribution in [1.29, 1.82) is 0 Å². The monoisotopic (exact) mass is 436 g/mol. The maximum atomic E-state index is 2.53. The first-order valence-corrected chi connectivity index (χ1v) is 11.8. The molecule has 5 rings (SSSR count). The highest BCUT2D eigenvalue weighted by atomic mass is 15.5. The van der Waals surface area contributed by atoms with Gasteiger partial charge in [0, 0.05) is 17.2 Å². The van der Waals surface area contributed by atoms with E-state index in [9.17, 15) is 0 Å². The molecule has 0 amide bonds. The van der Waals surface area contributed by atoms with Crippen LogP contribution in [0.15, 0.2) is 72.8 Å². The van der Waals surface area contributed by atoms with Gasteiger partial charge in [0.05, 0.1) is 12.7 Å². The van der Waals surface area contributed by atoms with Crippen LogP contribution in [0.2, 0.25) is 0 Å². The second kappa shape index (κ2) is 7.62. The number of rotatable bonds is 2. The Morgan fingerprint density at radius 2 is 1.39 bits per heavy atom. The van der Waals surface area contributed by atoms with Crippen LogP contribution in [0, 0.1) is 13.8 Å². The summed E-state index contributed by atoms with van der Waals surface area (Å²) < 4.78 is 2.36. The zero-order valence-corrected chi connectivity index (χ0v) is 20.8. The largest absolute Gasteiger partial charge is 0.325 e. The number of hydrogen-bond acceptors (Lipinski definition) is 2. The molecule has 0 N–H and O–H groups in total. The number of para-hydroxylation sites is 2. The van der Waals surface area contributed by atoms with E-state index in [2.05, 4.69) is 136 Å². The minimum atomic E-state index is 0.0183. The first kappa shape index (κ1) is 21.5. The highest BCUT2D eigenvalue weighted by molar-refractivity contribution is 5.88. The first-order chi connectivity index (χ1) is 15.7. The minimum Gasteiger partial charge on any atom is -0.325 e. The Kier molecular flexibility index (Phi) is 4.97. The molecule has 3 heteroatoms. The summed E-state index contributed by atoms with van der Waals surface area (Å²) in [5.74, 6) is 1.21. The van der Waals surface area contributed by atoms with Gasteiger partial charge in [-0.15, -0.1) is 0 Å². The summed E-state index contributed by atoms with van der Waals surface area (Å²) in [6.45, 7) is 13.6. The van der Waals surface area contributed by atoms with E-state index in [0.717, 1.165) is 0 Å². The molecule has 0 bridgehead atoms. The summed E-state index contributed by atoms with van der Waals surface area (Å²) in [4.78, 5) is 5.03. The van der Waals surface area contributed by atoms with E-state index in [-0.39, 0.29) is 11.7 Å². The molecule has 0 saturated heterocycles. The second-order valence-corrected chi connectivity index (χ2v) is 10.4. The molecule has 3 aromatic carbocycles. The highest BCUT2D eigenvalue weighted by Gasteiger charge is 2.45. The van der Waals surface area contributed by atoms with Gasteiger partial charge in [0.2, 0.25) is 0 Å². The Morgan fingerprint density at radius 3 is 2.06 bits per heavy atom. The van der Waals surface area contributed by atoms with E-state index < -0.39 is 0 Å². The van der Waals surface area contributed by atoms with Crippen molar-refractivity contribution in [2.24, 2.45) is 7.05 Å². The molecule has 1 aliphatic rings. The molecule has 1 aliphatic heterocycles. The van der Waals surface area contributed by atoms with E-state index in [1.165, 1.54) is 50.3 Å². The first-order valence-electron chi connectivity index (χ1n) is 11.8. The molecular formula is C30H34N3+.